The fraction of sp³-hybridized carbons (Fsp3) is 0.438. The predicted octanol–water partition coefficient (Wildman–Crippen LogP) is 1.80. The molecule has 1 fully saturated rings. The van der Waals surface area contributed by atoms with Crippen molar-refractivity contribution in [2.45, 2.75) is 18.4 Å². The Morgan fingerprint density at radius 3 is 2.41 bits per heavy atom. The number of halogens is 1. The van der Waals surface area contributed by atoms with E-state index < -0.39 is 20.6 Å². The second-order valence-electron chi connectivity index (χ2n) is 6.38. The highest BCUT2D eigenvalue weighted by atomic mass is 35.5. The third-order valence-electron chi connectivity index (χ3n) is 4.66. The van der Waals surface area contributed by atoms with Gasteiger partial charge in [-0.15, -0.1) is 0 Å². The maximum atomic E-state index is 12.9. The smallest absolute Gasteiger partial charge is 0.289 e. The van der Waals surface area contributed by atoms with Crippen LogP contribution in [0.25, 0.3) is 0 Å². The largest absolute Gasteiger partial charge is 0.296 e. The van der Waals surface area contributed by atoms with E-state index in [4.69, 9.17) is 11.6 Å². The molecule has 0 amide bonds. The minimum Gasteiger partial charge on any atom is -0.296 e. The Labute approximate surface area is 162 Å². The first-order chi connectivity index (χ1) is 12.7. The zero-order valence-corrected chi connectivity index (χ0v) is 16.6. The zero-order chi connectivity index (χ0) is 19.8. The lowest BCUT2D eigenvalue weighted by Gasteiger charge is -2.33. The highest BCUT2D eigenvalue weighted by Gasteiger charge is 2.33. The summed E-state index contributed by atoms with van der Waals surface area (Å²) in [6, 6.07) is 5.42. The SMILES string of the molecule is Cc1nn(C)c(Cl)c1CN1CCN(S(=O)(=O)c2ccccc2[N+](=O)[O-])CC1. The molecule has 0 spiro atoms. The number of nitrogens with zero attached hydrogens (tertiary/aromatic N) is 5. The first-order valence-corrected chi connectivity index (χ1v) is 10.2. The van der Waals surface area contributed by atoms with Crippen LogP contribution in [0.5, 0.6) is 0 Å². The van der Waals surface area contributed by atoms with Crippen LogP contribution < -0.4 is 0 Å². The van der Waals surface area contributed by atoms with Gasteiger partial charge in [-0.25, -0.2) is 8.42 Å². The van der Waals surface area contributed by atoms with Gasteiger partial charge in [0.05, 0.1) is 10.6 Å². The number of aryl methyl sites for hydroxylation is 2. The molecule has 146 valence electrons. The van der Waals surface area contributed by atoms with Crippen molar-refractivity contribution in [3.8, 4) is 0 Å². The van der Waals surface area contributed by atoms with Gasteiger partial charge in [-0.3, -0.25) is 19.7 Å². The van der Waals surface area contributed by atoms with Gasteiger partial charge in [0.15, 0.2) is 4.90 Å². The van der Waals surface area contributed by atoms with Crippen LogP contribution in [0.2, 0.25) is 5.15 Å². The molecule has 0 N–H and O–H groups in total. The number of sulfonamides is 1. The Morgan fingerprint density at radius 2 is 1.85 bits per heavy atom. The summed E-state index contributed by atoms with van der Waals surface area (Å²) in [5, 5.41) is 16.0. The molecule has 2 aromatic rings. The summed E-state index contributed by atoms with van der Waals surface area (Å²) >= 11 is 6.27. The molecule has 1 saturated heterocycles. The highest BCUT2D eigenvalue weighted by molar-refractivity contribution is 7.89. The Kier molecular flexibility index (Phi) is 5.52. The second-order valence-corrected chi connectivity index (χ2v) is 8.65. The van der Waals surface area contributed by atoms with Gasteiger partial charge >= 0.3 is 0 Å². The van der Waals surface area contributed by atoms with Gasteiger partial charge in [-0.1, -0.05) is 23.7 Å². The summed E-state index contributed by atoms with van der Waals surface area (Å²) in [6.07, 6.45) is 0. The Hall–Kier alpha value is -2.01. The molecule has 3 rings (SSSR count). The number of aromatic nitrogens is 2. The van der Waals surface area contributed by atoms with Crippen LogP contribution in [0.3, 0.4) is 0 Å². The van der Waals surface area contributed by atoms with Gasteiger partial charge in [-0.05, 0) is 13.0 Å². The monoisotopic (exact) mass is 413 g/mol. The maximum absolute atomic E-state index is 12.9. The fourth-order valence-electron chi connectivity index (χ4n) is 3.17. The molecule has 1 aromatic carbocycles. The Bertz CT molecular complexity index is 967. The van der Waals surface area contributed by atoms with Crippen LogP contribution in [0.15, 0.2) is 29.2 Å². The van der Waals surface area contributed by atoms with Crippen molar-refractivity contribution < 1.29 is 13.3 Å². The van der Waals surface area contributed by atoms with E-state index in [-0.39, 0.29) is 18.0 Å². The summed E-state index contributed by atoms with van der Waals surface area (Å²) < 4.78 is 28.6. The molecule has 0 aliphatic carbocycles. The molecular formula is C16H20ClN5O4S. The molecule has 27 heavy (non-hydrogen) atoms. The van der Waals surface area contributed by atoms with E-state index in [9.17, 15) is 18.5 Å². The zero-order valence-electron chi connectivity index (χ0n) is 15.0. The minimum absolute atomic E-state index is 0.255. The van der Waals surface area contributed by atoms with Crippen LogP contribution in [-0.2, 0) is 23.6 Å². The number of hydrogen-bond acceptors (Lipinski definition) is 6. The van der Waals surface area contributed by atoms with Gasteiger partial charge in [-0.2, -0.15) is 9.40 Å². The quantitative estimate of drug-likeness (QED) is 0.547. The molecule has 1 aliphatic heterocycles. The van der Waals surface area contributed by atoms with Gasteiger partial charge < -0.3 is 0 Å². The fourth-order valence-corrected chi connectivity index (χ4v) is 4.98. The van der Waals surface area contributed by atoms with Crippen molar-refractivity contribution in [3.05, 3.63) is 50.8 Å². The number of hydrogen-bond donors (Lipinski definition) is 0. The van der Waals surface area contributed by atoms with E-state index in [1.807, 2.05) is 6.92 Å². The molecule has 0 bridgehead atoms. The number of para-hydroxylation sites is 1. The molecule has 0 atom stereocenters. The second kappa shape index (κ2) is 7.55. The van der Waals surface area contributed by atoms with Crippen molar-refractivity contribution in [3.63, 3.8) is 0 Å². The highest BCUT2D eigenvalue weighted by Crippen LogP contribution is 2.27. The van der Waals surface area contributed by atoms with Crippen LogP contribution >= 0.6 is 11.6 Å². The van der Waals surface area contributed by atoms with Crippen LogP contribution in [0.4, 0.5) is 5.69 Å². The standard InChI is InChI=1S/C16H20ClN5O4S/c1-12-13(16(17)19(2)18-12)11-20-7-9-21(10-8-20)27(25,26)15-6-4-3-5-14(15)22(23)24/h3-6H,7-11H2,1-2H3. The molecule has 0 unspecified atom stereocenters. The lowest BCUT2D eigenvalue weighted by Crippen LogP contribution is -2.48. The minimum atomic E-state index is -3.92. The average molecular weight is 414 g/mol. The van der Waals surface area contributed by atoms with Crippen LogP contribution in [0.1, 0.15) is 11.3 Å². The molecule has 0 saturated carbocycles. The molecule has 1 aromatic heterocycles. The normalized spacial score (nSPS) is 16.6. The van der Waals surface area contributed by atoms with E-state index in [2.05, 4.69) is 10.00 Å². The van der Waals surface area contributed by atoms with Gasteiger partial charge in [0.1, 0.15) is 5.15 Å². The van der Waals surface area contributed by atoms with Crippen molar-refractivity contribution in [2.75, 3.05) is 26.2 Å². The molecule has 9 nitrogen and oxygen atoms in total. The predicted molar refractivity (Wildman–Crippen MR) is 100 cm³/mol. The summed E-state index contributed by atoms with van der Waals surface area (Å²) in [7, 11) is -2.15. The maximum Gasteiger partial charge on any atom is 0.289 e. The average Bonchev–Trinajstić information content (AvgIpc) is 2.88. The van der Waals surface area contributed by atoms with Crippen LogP contribution in [0, 0.1) is 17.0 Å². The number of piperazine rings is 1. The van der Waals surface area contributed by atoms with Gasteiger partial charge in [0, 0.05) is 51.4 Å². The third-order valence-corrected chi connectivity index (χ3v) is 7.08. The van der Waals surface area contributed by atoms with Gasteiger partial charge in [0.2, 0.25) is 10.0 Å². The number of nitro benzene ring substituents is 1. The van der Waals surface area contributed by atoms with Crippen LogP contribution in [-0.4, -0.2) is 58.5 Å². The summed E-state index contributed by atoms with van der Waals surface area (Å²) in [6.45, 7) is 3.99. The van der Waals surface area contributed by atoms with E-state index in [1.165, 1.54) is 28.6 Å². The summed E-state index contributed by atoms with van der Waals surface area (Å²) in [5.74, 6) is 0. The lowest BCUT2D eigenvalue weighted by molar-refractivity contribution is -0.387. The first-order valence-electron chi connectivity index (χ1n) is 8.35. The van der Waals surface area contributed by atoms with Crippen molar-refractivity contribution in [2.24, 2.45) is 7.05 Å². The molecule has 1 aliphatic rings. The topological polar surface area (TPSA) is 102 Å². The van der Waals surface area contributed by atoms with E-state index in [0.717, 1.165) is 11.3 Å². The van der Waals surface area contributed by atoms with Crippen molar-refractivity contribution in [1.29, 1.82) is 0 Å². The van der Waals surface area contributed by atoms with Crippen molar-refractivity contribution >= 4 is 27.3 Å². The van der Waals surface area contributed by atoms with E-state index in [0.29, 0.717) is 24.8 Å². The molecular weight excluding hydrogens is 394 g/mol. The third kappa shape index (κ3) is 3.84. The lowest BCUT2D eigenvalue weighted by atomic mass is 10.2. The number of rotatable bonds is 5. The Balaban J connectivity index is 1.73. The summed E-state index contributed by atoms with van der Waals surface area (Å²) in [5.41, 5.74) is 1.37. The van der Waals surface area contributed by atoms with Gasteiger partial charge in [0.25, 0.3) is 5.69 Å². The van der Waals surface area contributed by atoms with E-state index in [1.54, 1.807) is 11.7 Å². The number of benzene rings is 1. The molecule has 0 radical (unpaired) electrons. The summed E-state index contributed by atoms with van der Waals surface area (Å²) in [4.78, 5) is 12.3. The van der Waals surface area contributed by atoms with Crippen molar-refractivity contribution in [1.82, 2.24) is 19.0 Å². The van der Waals surface area contributed by atoms with E-state index >= 15 is 0 Å². The number of nitro groups is 1. The molecule has 11 heteroatoms. The molecule has 2 heterocycles. The Morgan fingerprint density at radius 1 is 1.22 bits per heavy atom. The first kappa shape index (κ1) is 19.7.